The van der Waals surface area contributed by atoms with E-state index in [0.29, 0.717) is 35.5 Å². The zero-order chi connectivity index (χ0) is 21.8. The highest BCUT2D eigenvalue weighted by Crippen LogP contribution is 2.56. The molecule has 1 unspecified atom stereocenters. The van der Waals surface area contributed by atoms with E-state index in [4.69, 9.17) is 20.6 Å². The number of aliphatic hydroxyl groups excluding tert-OH is 1. The lowest BCUT2D eigenvalue weighted by Gasteiger charge is -2.42. The maximum Gasteiger partial charge on any atom is 0.333 e. The van der Waals surface area contributed by atoms with E-state index in [-0.39, 0.29) is 24.2 Å². The fourth-order valence-corrected chi connectivity index (χ4v) is 7.74. The molecule has 4 nitrogen and oxygen atoms in total. The topological polar surface area (TPSA) is 55.8 Å². The van der Waals surface area contributed by atoms with Crippen LogP contribution in [0.25, 0.3) is 0 Å². The standard InChI is InChI=1S/C23H44ClO4P/c1-15(2)20-9-7-17(5)11-22(20)27-29(26,14-19(25)13-24)28-23-12-18(6)8-10-21(23)16(3)4/h15-23,25H,7-14H2,1-6H3/t17-,18-,19-,20-,21+,22-,23-,29?/m1/s1. The van der Waals surface area contributed by atoms with Crippen LogP contribution in [0.5, 0.6) is 0 Å². The number of hydrogen-bond donors (Lipinski definition) is 1. The molecule has 2 aliphatic carbocycles. The Morgan fingerprint density at radius 2 is 1.31 bits per heavy atom. The third-order valence-corrected chi connectivity index (χ3v) is 9.54. The first-order chi connectivity index (χ1) is 13.5. The van der Waals surface area contributed by atoms with Gasteiger partial charge in [-0.15, -0.1) is 11.6 Å². The van der Waals surface area contributed by atoms with Gasteiger partial charge < -0.3 is 14.2 Å². The summed E-state index contributed by atoms with van der Waals surface area (Å²) in [4.78, 5) is 0. The number of halogens is 1. The van der Waals surface area contributed by atoms with Crippen molar-refractivity contribution in [1.82, 2.24) is 0 Å². The molecule has 0 amide bonds. The summed E-state index contributed by atoms with van der Waals surface area (Å²) >= 11 is 5.87. The van der Waals surface area contributed by atoms with Gasteiger partial charge in [0.25, 0.3) is 0 Å². The first-order valence-electron chi connectivity index (χ1n) is 11.7. The van der Waals surface area contributed by atoms with E-state index in [1.165, 1.54) is 12.8 Å². The molecule has 8 atom stereocenters. The van der Waals surface area contributed by atoms with E-state index < -0.39 is 13.7 Å². The molecular weight excluding hydrogens is 407 g/mol. The molecule has 0 aromatic heterocycles. The Bertz CT molecular complexity index is 503. The summed E-state index contributed by atoms with van der Waals surface area (Å²) in [6, 6.07) is 0. The maximum atomic E-state index is 14.0. The van der Waals surface area contributed by atoms with Gasteiger partial charge in [0, 0.05) is 5.88 Å². The lowest BCUT2D eigenvalue weighted by atomic mass is 9.75. The molecule has 0 saturated heterocycles. The van der Waals surface area contributed by atoms with Gasteiger partial charge in [-0.2, -0.15) is 0 Å². The van der Waals surface area contributed by atoms with E-state index in [1.54, 1.807) is 0 Å². The van der Waals surface area contributed by atoms with Crippen molar-refractivity contribution in [2.45, 2.75) is 98.4 Å². The first kappa shape index (κ1) is 25.7. The molecule has 0 aromatic carbocycles. The van der Waals surface area contributed by atoms with Gasteiger partial charge in [-0.1, -0.05) is 54.4 Å². The fraction of sp³-hybridized carbons (Fsp3) is 1.00. The number of hydrogen-bond acceptors (Lipinski definition) is 4. The largest absolute Gasteiger partial charge is 0.391 e. The van der Waals surface area contributed by atoms with Crippen molar-refractivity contribution in [2.75, 3.05) is 12.0 Å². The van der Waals surface area contributed by atoms with E-state index in [2.05, 4.69) is 41.5 Å². The van der Waals surface area contributed by atoms with Crippen molar-refractivity contribution < 1.29 is 18.7 Å². The lowest BCUT2D eigenvalue weighted by Crippen LogP contribution is -2.37. The van der Waals surface area contributed by atoms with Crippen LogP contribution >= 0.6 is 19.2 Å². The SMILES string of the molecule is CC(C)[C@H]1CC[C@@H](C)C[C@H]1OP(=O)(C[C@H](O)CCl)O[C@@H]1C[C@H](C)CC[C@H]1C(C)C. The average molecular weight is 451 g/mol. The van der Waals surface area contributed by atoms with Crippen molar-refractivity contribution in [1.29, 1.82) is 0 Å². The summed E-state index contributed by atoms with van der Waals surface area (Å²) in [5.41, 5.74) is 0. The zero-order valence-electron chi connectivity index (χ0n) is 19.4. The number of rotatable bonds is 9. The second-order valence-corrected chi connectivity index (χ2v) is 12.9. The minimum Gasteiger partial charge on any atom is -0.391 e. The molecule has 29 heavy (non-hydrogen) atoms. The normalized spacial score (nSPS) is 36.9. The van der Waals surface area contributed by atoms with Gasteiger partial charge >= 0.3 is 7.60 Å². The minimum absolute atomic E-state index is 0.0120. The summed E-state index contributed by atoms with van der Waals surface area (Å²) in [7, 11) is -3.47. The molecule has 1 N–H and O–H groups in total. The van der Waals surface area contributed by atoms with Crippen molar-refractivity contribution >= 4 is 19.2 Å². The van der Waals surface area contributed by atoms with Gasteiger partial charge in [0.2, 0.25) is 0 Å². The van der Waals surface area contributed by atoms with Gasteiger partial charge in [-0.05, 0) is 61.2 Å². The lowest BCUT2D eigenvalue weighted by molar-refractivity contribution is -0.00535. The zero-order valence-corrected chi connectivity index (χ0v) is 21.0. The summed E-state index contributed by atoms with van der Waals surface area (Å²) in [6.45, 7) is 13.3. The van der Waals surface area contributed by atoms with Crippen LogP contribution in [0, 0.1) is 35.5 Å². The number of alkyl halides is 1. The molecule has 2 aliphatic rings. The average Bonchev–Trinajstić information content (AvgIpc) is 2.60. The highest BCUT2D eigenvalue weighted by atomic mass is 35.5. The fourth-order valence-electron chi connectivity index (χ4n) is 5.30. The summed E-state index contributed by atoms with van der Waals surface area (Å²) in [6.07, 6.45) is 5.33. The molecule has 2 saturated carbocycles. The van der Waals surface area contributed by atoms with Crippen LogP contribution in [0.4, 0.5) is 0 Å². The van der Waals surface area contributed by atoms with Crippen LogP contribution < -0.4 is 0 Å². The second-order valence-electron chi connectivity index (χ2n) is 10.5. The Hall–Kier alpha value is 0.400. The molecular formula is C23H44ClO4P. The Labute approximate surface area is 184 Å². The monoisotopic (exact) mass is 450 g/mol. The maximum absolute atomic E-state index is 14.0. The second kappa shape index (κ2) is 11.3. The summed E-state index contributed by atoms with van der Waals surface area (Å²) in [5, 5.41) is 10.2. The summed E-state index contributed by atoms with van der Waals surface area (Å²) < 4.78 is 26.8. The van der Waals surface area contributed by atoms with Gasteiger partial charge in [0.1, 0.15) is 0 Å². The molecule has 0 radical (unpaired) electrons. The molecule has 172 valence electrons. The molecule has 0 aliphatic heterocycles. The van der Waals surface area contributed by atoms with Gasteiger partial charge in [-0.25, -0.2) is 0 Å². The third-order valence-electron chi connectivity index (χ3n) is 7.13. The number of aliphatic hydroxyl groups is 1. The van der Waals surface area contributed by atoms with Crippen molar-refractivity contribution in [2.24, 2.45) is 35.5 Å². The highest BCUT2D eigenvalue weighted by molar-refractivity contribution is 7.53. The van der Waals surface area contributed by atoms with Crippen LogP contribution in [0.1, 0.15) is 80.1 Å². The Balaban J connectivity index is 2.23. The van der Waals surface area contributed by atoms with Crippen LogP contribution in [0.15, 0.2) is 0 Å². The Morgan fingerprint density at radius 1 is 0.897 bits per heavy atom. The highest BCUT2D eigenvalue weighted by Gasteiger charge is 2.42. The molecule has 6 heteroatoms. The predicted octanol–water partition coefficient (Wildman–Crippen LogP) is 6.73. The van der Waals surface area contributed by atoms with Crippen LogP contribution in [-0.2, 0) is 13.6 Å². The van der Waals surface area contributed by atoms with E-state index >= 15 is 0 Å². The molecule has 2 fully saturated rings. The van der Waals surface area contributed by atoms with Crippen molar-refractivity contribution in [3.8, 4) is 0 Å². The molecule has 0 aromatic rings. The molecule has 2 rings (SSSR count). The third kappa shape index (κ3) is 7.49. The first-order valence-corrected chi connectivity index (χ1v) is 14.0. The predicted molar refractivity (Wildman–Crippen MR) is 122 cm³/mol. The van der Waals surface area contributed by atoms with Crippen LogP contribution in [0.3, 0.4) is 0 Å². The van der Waals surface area contributed by atoms with Crippen LogP contribution in [0.2, 0.25) is 0 Å². The van der Waals surface area contributed by atoms with E-state index in [1.807, 2.05) is 0 Å². The van der Waals surface area contributed by atoms with Gasteiger partial charge in [0.15, 0.2) is 0 Å². The van der Waals surface area contributed by atoms with E-state index in [9.17, 15) is 9.67 Å². The molecule has 0 bridgehead atoms. The van der Waals surface area contributed by atoms with Gasteiger partial charge in [-0.3, -0.25) is 4.57 Å². The smallest absolute Gasteiger partial charge is 0.333 e. The molecule has 0 heterocycles. The van der Waals surface area contributed by atoms with Crippen molar-refractivity contribution in [3.63, 3.8) is 0 Å². The summed E-state index contributed by atoms with van der Waals surface area (Å²) in [5.74, 6) is 2.85. The molecule has 0 spiro atoms. The van der Waals surface area contributed by atoms with Crippen molar-refractivity contribution in [3.05, 3.63) is 0 Å². The minimum atomic E-state index is -3.47. The quantitative estimate of drug-likeness (QED) is 0.312. The van der Waals surface area contributed by atoms with E-state index in [0.717, 1.165) is 25.7 Å². The van der Waals surface area contributed by atoms with Crippen LogP contribution in [-0.4, -0.2) is 35.5 Å². The Kier molecular flexibility index (Phi) is 10.0. The Morgan fingerprint density at radius 3 is 1.66 bits per heavy atom. The van der Waals surface area contributed by atoms with Gasteiger partial charge in [0.05, 0.1) is 24.5 Å².